The number of methoxy groups -OCH3 is 1. The van der Waals surface area contributed by atoms with E-state index in [1.807, 2.05) is 0 Å². The molecule has 1 aromatic carbocycles. The maximum Gasteiger partial charge on any atom is 0.337 e. The molecule has 18 heavy (non-hydrogen) atoms. The number of esters is 1. The Morgan fingerprint density at radius 3 is 2.61 bits per heavy atom. The van der Waals surface area contributed by atoms with Crippen molar-refractivity contribution in [3.8, 4) is 0 Å². The largest absolute Gasteiger partial charge is 0.465 e. The lowest BCUT2D eigenvalue weighted by Crippen LogP contribution is -2.37. The van der Waals surface area contributed by atoms with E-state index in [1.54, 1.807) is 24.3 Å². The Bertz CT molecular complexity index is 472. The Morgan fingerprint density at radius 2 is 2.06 bits per heavy atom. The van der Waals surface area contributed by atoms with E-state index >= 15 is 0 Å². The number of ether oxygens (including phenoxy) is 1. The van der Waals surface area contributed by atoms with Crippen molar-refractivity contribution in [1.29, 1.82) is 0 Å². The van der Waals surface area contributed by atoms with Gasteiger partial charge in [-0.15, -0.1) is 12.4 Å². The molecular formula is C12H15ClN2O3. The molecule has 0 heterocycles. The van der Waals surface area contributed by atoms with Crippen LogP contribution in [0.5, 0.6) is 0 Å². The van der Waals surface area contributed by atoms with Gasteiger partial charge in [-0.05, 0) is 31.0 Å². The highest BCUT2D eigenvalue weighted by Crippen LogP contribution is 2.33. The molecule has 1 fully saturated rings. The number of hydrogen-bond donors (Lipinski definition) is 2. The molecule has 1 aliphatic rings. The first-order chi connectivity index (χ1) is 8.05. The van der Waals surface area contributed by atoms with Crippen LogP contribution in [0.2, 0.25) is 0 Å². The minimum atomic E-state index is -0.721. The standard InChI is InChI=1S/C12H14N2O3.ClH/c1-17-10(15)8-3-2-4-9(7-8)14-11(16)12(13)5-6-12;/h2-4,7H,5-6,13H2,1H3,(H,14,16);1H. The lowest BCUT2D eigenvalue weighted by molar-refractivity contribution is -0.118. The average molecular weight is 271 g/mol. The number of anilines is 1. The minimum Gasteiger partial charge on any atom is -0.465 e. The Morgan fingerprint density at radius 1 is 1.39 bits per heavy atom. The number of amides is 1. The highest BCUT2D eigenvalue weighted by atomic mass is 35.5. The van der Waals surface area contributed by atoms with Gasteiger partial charge in [0.2, 0.25) is 5.91 Å². The van der Waals surface area contributed by atoms with Gasteiger partial charge in [0.1, 0.15) is 0 Å². The second-order valence-corrected chi connectivity index (χ2v) is 4.18. The predicted molar refractivity (Wildman–Crippen MR) is 69.8 cm³/mol. The van der Waals surface area contributed by atoms with Crippen LogP contribution in [0.1, 0.15) is 23.2 Å². The Kier molecular flexibility index (Phi) is 4.32. The first-order valence-corrected chi connectivity index (χ1v) is 5.34. The third-order valence-corrected chi connectivity index (χ3v) is 2.78. The fourth-order valence-corrected chi connectivity index (χ4v) is 1.46. The van der Waals surface area contributed by atoms with Gasteiger partial charge in [-0.2, -0.15) is 0 Å². The van der Waals surface area contributed by atoms with E-state index in [-0.39, 0.29) is 18.3 Å². The molecule has 1 amide bonds. The average Bonchev–Trinajstić information content (AvgIpc) is 3.08. The van der Waals surface area contributed by atoms with E-state index in [9.17, 15) is 9.59 Å². The van der Waals surface area contributed by atoms with Crippen molar-refractivity contribution < 1.29 is 14.3 Å². The van der Waals surface area contributed by atoms with Crippen LogP contribution in [0.4, 0.5) is 5.69 Å². The van der Waals surface area contributed by atoms with Crippen molar-refractivity contribution in [2.24, 2.45) is 5.73 Å². The number of rotatable bonds is 3. The summed E-state index contributed by atoms with van der Waals surface area (Å²) in [6, 6.07) is 6.57. The molecule has 0 saturated heterocycles. The number of nitrogens with one attached hydrogen (secondary N) is 1. The van der Waals surface area contributed by atoms with Crippen LogP contribution < -0.4 is 11.1 Å². The normalized spacial score (nSPS) is 15.2. The lowest BCUT2D eigenvalue weighted by Gasteiger charge is -2.10. The van der Waals surface area contributed by atoms with Gasteiger partial charge in [0, 0.05) is 5.69 Å². The molecule has 2 rings (SSSR count). The second kappa shape index (κ2) is 5.37. The predicted octanol–water partition coefficient (Wildman–Crippen LogP) is 1.32. The summed E-state index contributed by atoms with van der Waals surface area (Å²) in [5.41, 5.74) is 5.98. The van der Waals surface area contributed by atoms with Gasteiger partial charge >= 0.3 is 5.97 Å². The van der Waals surface area contributed by atoms with Gasteiger partial charge in [-0.1, -0.05) is 6.07 Å². The molecule has 0 bridgehead atoms. The van der Waals surface area contributed by atoms with Crippen LogP contribution in [0, 0.1) is 0 Å². The summed E-state index contributed by atoms with van der Waals surface area (Å²) in [5, 5.41) is 2.69. The van der Waals surface area contributed by atoms with E-state index < -0.39 is 11.5 Å². The second-order valence-electron chi connectivity index (χ2n) is 4.18. The highest BCUT2D eigenvalue weighted by Gasteiger charge is 2.45. The molecule has 0 radical (unpaired) electrons. The molecule has 0 aliphatic heterocycles. The molecule has 1 aliphatic carbocycles. The number of nitrogens with two attached hydrogens (primary N) is 1. The molecule has 5 nitrogen and oxygen atoms in total. The number of halogens is 1. The van der Waals surface area contributed by atoms with Crippen molar-refractivity contribution in [2.45, 2.75) is 18.4 Å². The molecule has 0 spiro atoms. The van der Waals surface area contributed by atoms with Gasteiger partial charge in [-0.3, -0.25) is 4.79 Å². The van der Waals surface area contributed by atoms with Crippen molar-refractivity contribution in [1.82, 2.24) is 0 Å². The van der Waals surface area contributed by atoms with Crippen LogP contribution in [0.25, 0.3) is 0 Å². The zero-order valence-electron chi connectivity index (χ0n) is 9.93. The first-order valence-electron chi connectivity index (χ1n) is 5.34. The summed E-state index contributed by atoms with van der Waals surface area (Å²) in [7, 11) is 1.31. The summed E-state index contributed by atoms with van der Waals surface area (Å²) in [6.45, 7) is 0. The Balaban J connectivity index is 0.00000162. The molecule has 0 atom stereocenters. The van der Waals surface area contributed by atoms with E-state index in [0.29, 0.717) is 24.1 Å². The van der Waals surface area contributed by atoms with Crippen molar-refractivity contribution >= 4 is 30.0 Å². The van der Waals surface area contributed by atoms with E-state index in [0.717, 1.165) is 0 Å². The van der Waals surface area contributed by atoms with Gasteiger partial charge < -0.3 is 15.8 Å². The van der Waals surface area contributed by atoms with Crippen LogP contribution in [-0.2, 0) is 9.53 Å². The van der Waals surface area contributed by atoms with Crippen molar-refractivity contribution in [3.63, 3.8) is 0 Å². The molecule has 1 saturated carbocycles. The molecule has 98 valence electrons. The third-order valence-electron chi connectivity index (χ3n) is 2.78. The molecule has 0 aromatic heterocycles. The fraction of sp³-hybridized carbons (Fsp3) is 0.333. The maximum absolute atomic E-state index is 11.7. The molecular weight excluding hydrogens is 256 g/mol. The summed E-state index contributed by atoms with van der Waals surface area (Å²) in [4.78, 5) is 23.0. The van der Waals surface area contributed by atoms with Crippen LogP contribution in [0.15, 0.2) is 24.3 Å². The van der Waals surface area contributed by atoms with Gasteiger partial charge in [0.25, 0.3) is 0 Å². The number of carbonyl (C=O) groups excluding carboxylic acids is 2. The SMILES string of the molecule is COC(=O)c1cccc(NC(=O)C2(N)CC2)c1.Cl. The minimum absolute atomic E-state index is 0. The van der Waals surface area contributed by atoms with Gasteiger partial charge in [0.05, 0.1) is 18.2 Å². The highest BCUT2D eigenvalue weighted by molar-refractivity contribution is 6.01. The Labute approximate surface area is 111 Å². The topological polar surface area (TPSA) is 81.4 Å². The van der Waals surface area contributed by atoms with E-state index in [1.165, 1.54) is 7.11 Å². The number of benzene rings is 1. The lowest BCUT2D eigenvalue weighted by atomic mass is 10.2. The third kappa shape index (κ3) is 3.00. The first kappa shape index (κ1) is 14.5. The fourth-order valence-electron chi connectivity index (χ4n) is 1.46. The Hall–Kier alpha value is -1.59. The molecule has 6 heteroatoms. The molecule has 3 N–H and O–H groups in total. The van der Waals surface area contributed by atoms with Crippen LogP contribution in [0.3, 0.4) is 0 Å². The number of hydrogen-bond acceptors (Lipinski definition) is 4. The summed E-state index contributed by atoms with van der Waals surface area (Å²) < 4.78 is 4.60. The smallest absolute Gasteiger partial charge is 0.337 e. The summed E-state index contributed by atoms with van der Waals surface area (Å²) in [6.07, 6.45) is 1.41. The van der Waals surface area contributed by atoms with Crippen LogP contribution >= 0.6 is 12.4 Å². The summed E-state index contributed by atoms with van der Waals surface area (Å²) >= 11 is 0. The van der Waals surface area contributed by atoms with Crippen molar-refractivity contribution in [2.75, 3.05) is 12.4 Å². The van der Waals surface area contributed by atoms with Gasteiger partial charge in [-0.25, -0.2) is 4.79 Å². The van der Waals surface area contributed by atoms with Crippen LogP contribution in [-0.4, -0.2) is 24.5 Å². The van der Waals surface area contributed by atoms with Gasteiger partial charge in [0.15, 0.2) is 0 Å². The molecule has 0 unspecified atom stereocenters. The summed E-state index contributed by atoms with van der Waals surface area (Å²) in [5.74, 6) is -0.644. The zero-order chi connectivity index (χ0) is 12.5. The quantitative estimate of drug-likeness (QED) is 0.812. The monoisotopic (exact) mass is 270 g/mol. The maximum atomic E-state index is 11.7. The van der Waals surface area contributed by atoms with E-state index in [2.05, 4.69) is 10.1 Å². The number of carbonyl (C=O) groups is 2. The van der Waals surface area contributed by atoms with E-state index in [4.69, 9.17) is 5.73 Å². The zero-order valence-corrected chi connectivity index (χ0v) is 10.8. The van der Waals surface area contributed by atoms with Crippen molar-refractivity contribution in [3.05, 3.63) is 29.8 Å². The molecule has 1 aromatic rings.